The Kier molecular flexibility index (Phi) is 33.3. The summed E-state index contributed by atoms with van der Waals surface area (Å²) in [6.07, 6.45) is 3.96. The van der Waals surface area contributed by atoms with E-state index in [9.17, 15) is 38.4 Å². The Balaban J connectivity index is 0.000000178. The number of hydrogen-bond acceptors (Lipinski definition) is 24. The molecule has 3 aromatic heterocycles. The van der Waals surface area contributed by atoms with E-state index < -0.39 is 23.4 Å². The van der Waals surface area contributed by atoms with Crippen LogP contribution in [0.2, 0.25) is 4.47 Å². The molecule has 8 amide bonds. The molecule has 0 bridgehead atoms. The summed E-state index contributed by atoms with van der Waals surface area (Å²) in [5, 5.41) is 21.5. The van der Waals surface area contributed by atoms with Crippen LogP contribution in [0, 0.1) is 0 Å². The van der Waals surface area contributed by atoms with E-state index in [0.717, 1.165) is 46.8 Å². The highest BCUT2D eigenvalue weighted by Gasteiger charge is 2.51. The second kappa shape index (κ2) is 43.7. The minimum Gasteiger partial charge on any atom is -0.454 e. The van der Waals surface area contributed by atoms with Crippen LogP contribution in [0.4, 0.5) is 26.7 Å². The van der Waals surface area contributed by atoms with Crippen LogP contribution < -0.4 is 77.9 Å². The van der Waals surface area contributed by atoms with E-state index in [1.165, 1.54) is 34.0 Å². The molecule has 0 radical (unpaired) electrons. The van der Waals surface area contributed by atoms with Gasteiger partial charge in [-0.3, -0.25) is 28.8 Å². The molecule has 29 nitrogen and oxygen atoms in total. The first-order valence-corrected chi connectivity index (χ1v) is 42.8. The zero-order chi connectivity index (χ0) is 90.0. The number of aromatic nitrogens is 3. The van der Waals surface area contributed by atoms with Crippen molar-refractivity contribution in [3.05, 3.63) is 277 Å². The van der Waals surface area contributed by atoms with E-state index in [1.54, 1.807) is 191 Å². The van der Waals surface area contributed by atoms with Gasteiger partial charge in [0, 0.05) is 67.6 Å². The van der Waals surface area contributed by atoms with Crippen LogP contribution in [0.5, 0.6) is 46.0 Å². The highest BCUT2D eigenvalue weighted by atomic mass is 35.5. The second-order valence-corrected chi connectivity index (χ2v) is 35.6. The van der Waals surface area contributed by atoms with Crippen molar-refractivity contribution >= 4 is 158 Å². The van der Waals surface area contributed by atoms with Crippen molar-refractivity contribution in [2.45, 2.75) is 125 Å². The summed E-state index contributed by atoms with van der Waals surface area (Å²) < 4.78 is 40.4. The molecule has 128 heavy (non-hydrogen) atoms. The molecule has 9 aromatic carbocycles. The number of nitrogens with two attached hydrogens (primary N) is 1. The summed E-state index contributed by atoms with van der Waals surface area (Å²) in [4.78, 5) is 124. The van der Waals surface area contributed by atoms with Crippen LogP contribution >= 0.6 is 81.2 Å². The number of halogens is 4. The Morgan fingerprint density at radius 3 is 1.19 bits per heavy atom. The van der Waals surface area contributed by atoms with Gasteiger partial charge in [-0.05, 0) is 220 Å². The smallest absolute Gasteiger partial charge is 0.454 e. The minimum atomic E-state index is -0.683. The zero-order valence-electron chi connectivity index (χ0n) is 70.0. The first-order valence-electron chi connectivity index (χ1n) is 38.9. The van der Waals surface area contributed by atoms with Crippen molar-refractivity contribution in [2.75, 3.05) is 21.3 Å². The molecule has 4 aliphatic heterocycles. The molecule has 1 fully saturated rings. The number of amides is 8. The van der Waals surface area contributed by atoms with Gasteiger partial charge in [-0.1, -0.05) is 79.7 Å². The summed E-state index contributed by atoms with van der Waals surface area (Å²) in [6.45, 7) is 20.3. The molecule has 10 N–H and O–H groups in total. The number of alkyl carbamates (subject to hydrolysis) is 1. The van der Waals surface area contributed by atoms with Gasteiger partial charge in [0.05, 0.1) is 69.9 Å². The number of benzene rings is 9. The van der Waals surface area contributed by atoms with Crippen molar-refractivity contribution in [1.29, 1.82) is 0 Å². The average molecular weight is 1870 g/mol. The number of alkyl halides is 2. The molecular formula is C91H91BCl4N12O17S3. The molecule has 12 aromatic rings. The Labute approximate surface area is 772 Å². The van der Waals surface area contributed by atoms with E-state index in [2.05, 4.69) is 62.5 Å². The number of ether oxygens (including phenoxy) is 5. The van der Waals surface area contributed by atoms with Gasteiger partial charge >= 0.3 is 19.3 Å². The third kappa shape index (κ3) is 26.5. The molecule has 7 heterocycles. The van der Waals surface area contributed by atoms with E-state index in [0.29, 0.717) is 121 Å². The van der Waals surface area contributed by atoms with Gasteiger partial charge in [-0.2, -0.15) is 11.4 Å². The second-order valence-electron chi connectivity index (χ2n) is 30.8. The first-order chi connectivity index (χ1) is 60.2. The highest BCUT2D eigenvalue weighted by Crippen LogP contribution is 2.41. The maximum Gasteiger partial charge on any atom is 0.494 e. The van der Waals surface area contributed by atoms with Crippen molar-refractivity contribution < 1.29 is 81.0 Å². The molecular weight excluding hydrogens is 1780 g/mol. The summed E-state index contributed by atoms with van der Waals surface area (Å²) in [5.41, 5.74) is 7.96. The fourth-order valence-electron chi connectivity index (χ4n) is 11.9. The third-order valence-electron chi connectivity index (χ3n) is 18.8. The number of anilines is 3. The predicted molar refractivity (Wildman–Crippen MR) is 499 cm³/mol. The van der Waals surface area contributed by atoms with Crippen LogP contribution in [0.15, 0.2) is 219 Å². The number of fused-ring (bicyclic) bond motifs is 6. The number of carbonyl (C=O) groups is 8. The number of carbonyl (C=O) groups excluding carboxylic acids is 8. The molecule has 37 heteroatoms. The number of rotatable bonds is 17. The average Bonchev–Trinajstić information content (AvgIpc) is 1.62. The topological polar surface area (TPSA) is 381 Å². The van der Waals surface area contributed by atoms with Gasteiger partial charge in [0.1, 0.15) is 44.2 Å². The lowest BCUT2D eigenvalue weighted by atomic mass is 9.79. The Hall–Kier alpha value is -12.7. The minimum absolute atomic E-state index is 0. The summed E-state index contributed by atoms with van der Waals surface area (Å²) >= 11 is 19.5. The van der Waals surface area contributed by atoms with Crippen LogP contribution in [-0.2, 0) is 45.0 Å². The number of nitrogens with zero attached hydrogens (tertiary/aromatic N) is 3. The molecule has 0 aliphatic carbocycles. The van der Waals surface area contributed by atoms with Crippen molar-refractivity contribution in [3.8, 4) is 67.1 Å². The Morgan fingerprint density at radius 2 is 0.820 bits per heavy atom. The third-order valence-corrected chi connectivity index (χ3v) is 22.0. The molecule has 1 saturated heterocycles. The van der Waals surface area contributed by atoms with Crippen LogP contribution in [0.25, 0.3) is 21.1 Å². The standard InChI is InChI=1S/C29H26N4O6S.C24H18N4O4S.C18H28BNO4.C18H12ClN3O3S.CH2Cl2.CH4.ClH/c1-29(2,3)38-28(36)33-39-19-11-8-17(9-12-19)27-31-16-20(40-27)15-30-25(34)18-10-13-24-22(14-18)32-26(35)21-6-4-5-7-23(21)37-24;25-32-16-8-5-14(6-9-16)24-27-13-17(33-24)12-26-22(29)15-7-10-21-19(11-15)28-23(30)18-3-1-2-4-20(18)31-21;1-16(2,3)22-15(21)20-12-13-8-10-14(11-9-13)19-23-17(4,5)18(6,7)24-19;19-18-21-9-11(26-18)8-20-16(23)10-5-6-15-13(7-10)22-17(24)12-3-1-2-4-14(12)25-15;2-1-3;;/h4-14,16H,15H2,1-3H3,(H,30,34)(H,32,35)(H,33,36);1-11,13H,12,25H2,(H,26,29)(H,28,30);8-11H,12H2,1-7H3,(H,20,21);1-7,9H,8H2,(H,20,23)(H,22,24);1H2;1H4;1H. The Bertz CT molecular complexity index is 5960. The number of hydroxylamine groups is 1. The van der Waals surface area contributed by atoms with E-state index >= 15 is 0 Å². The molecule has 0 spiro atoms. The molecule has 0 atom stereocenters. The maximum absolute atomic E-state index is 12.9. The Morgan fingerprint density at radius 1 is 0.461 bits per heavy atom. The molecule has 0 saturated carbocycles. The lowest BCUT2D eigenvalue weighted by Crippen LogP contribution is -2.41. The van der Waals surface area contributed by atoms with Gasteiger partial charge in [-0.15, -0.1) is 69.6 Å². The van der Waals surface area contributed by atoms with Crippen LogP contribution in [0.3, 0.4) is 0 Å². The van der Waals surface area contributed by atoms with Crippen molar-refractivity contribution in [3.63, 3.8) is 0 Å². The molecule has 4 aliphatic rings. The fourth-order valence-corrected chi connectivity index (χ4v) is 14.6. The van der Waals surface area contributed by atoms with E-state index in [4.69, 9.17) is 78.5 Å². The number of nitrogens with one attached hydrogen (secondary N) is 8. The van der Waals surface area contributed by atoms with Crippen LogP contribution in [-0.4, -0.2) is 97.4 Å². The van der Waals surface area contributed by atoms with Gasteiger partial charge in [0.15, 0.2) is 27.5 Å². The van der Waals surface area contributed by atoms with Crippen LogP contribution in [0.1, 0.15) is 159 Å². The summed E-state index contributed by atoms with van der Waals surface area (Å²) in [7, 11) is -0.372. The lowest BCUT2D eigenvalue weighted by molar-refractivity contribution is 0.00578. The first kappa shape index (κ1) is 97.5. The van der Waals surface area contributed by atoms with Gasteiger partial charge in [-0.25, -0.2) is 24.5 Å². The number of para-hydroxylation sites is 3. The van der Waals surface area contributed by atoms with Crippen molar-refractivity contribution in [1.82, 2.24) is 41.7 Å². The van der Waals surface area contributed by atoms with Gasteiger partial charge < -0.3 is 79.9 Å². The normalized spacial score (nSPS) is 13.1. The zero-order valence-corrected chi connectivity index (χ0v) is 75.6. The molecule has 666 valence electrons. The quantitative estimate of drug-likeness (QED) is 0.0232. The van der Waals surface area contributed by atoms with Gasteiger partial charge in [0.2, 0.25) is 0 Å². The monoisotopic (exact) mass is 1870 g/mol. The molecule has 16 rings (SSSR count). The highest BCUT2D eigenvalue weighted by molar-refractivity contribution is 7.16. The SMILES string of the molecule is C.CC(C)(C)OC(=O)NCc1ccc(B2OC(C)(C)C(C)(C)O2)cc1.CC(C)(C)OC(=O)NOc1ccc(-c2ncc(CNC(=O)c3ccc4c(c3)NC(=O)c3ccccc3O4)s2)cc1.Cl.ClCCl.NOc1ccc(-c2ncc(CNC(=O)c3ccc4c(c3)NC(=O)c3ccccc3O4)s2)cc1.O=C(NCc1cnc(Cl)s1)c1ccc2c(c1)NC(=O)c1ccccc1O2. The van der Waals surface area contributed by atoms with Gasteiger partial charge in [0.25, 0.3) is 35.4 Å². The van der Waals surface area contributed by atoms with E-state index in [-0.39, 0.29) is 85.5 Å². The molecule has 0 unspecified atom stereocenters. The summed E-state index contributed by atoms with van der Waals surface area (Å²) in [5.74, 6) is 7.25. The summed E-state index contributed by atoms with van der Waals surface area (Å²) in [6, 6.07) is 57.8. The largest absolute Gasteiger partial charge is 0.494 e. The van der Waals surface area contributed by atoms with E-state index in [1.807, 2.05) is 97.0 Å². The number of thiazole rings is 3. The number of hydrogen-bond donors (Lipinski definition) is 9. The maximum atomic E-state index is 12.9. The fraction of sp³-hybridized carbons (Fsp3) is 0.220. The van der Waals surface area contributed by atoms with Crippen molar-refractivity contribution in [2.24, 2.45) is 5.90 Å². The predicted octanol–water partition coefficient (Wildman–Crippen LogP) is 19.8. The lowest BCUT2D eigenvalue weighted by Gasteiger charge is -2.32.